The Kier molecular flexibility index (Phi) is 5.33. The Hall–Kier alpha value is -2.11. The van der Waals surface area contributed by atoms with Crippen LogP contribution in [-0.2, 0) is 13.6 Å². The van der Waals surface area contributed by atoms with Crippen LogP contribution in [0.15, 0.2) is 65.8 Å². The van der Waals surface area contributed by atoms with E-state index in [9.17, 15) is 4.39 Å². The minimum atomic E-state index is -0.300. The monoisotopic (exact) mass is 341 g/mol. The Bertz CT molecular complexity index is 798. The van der Waals surface area contributed by atoms with Crippen LogP contribution in [0.1, 0.15) is 23.0 Å². The lowest BCUT2D eigenvalue weighted by molar-refractivity contribution is 0.520. The average molecular weight is 341 g/mol. The van der Waals surface area contributed by atoms with Crippen molar-refractivity contribution in [2.45, 2.75) is 17.5 Å². The maximum Gasteiger partial charge on any atom is 0.130 e. The molecule has 0 spiro atoms. The maximum absolute atomic E-state index is 14.3. The molecule has 1 heterocycles. The van der Waals surface area contributed by atoms with E-state index in [2.05, 4.69) is 40.8 Å². The first-order valence-corrected chi connectivity index (χ1v) is 8.99. The van der Waals surface area contributed by atoms with Gasteiger partial charge in [-0.25, -0.2) is 9.37 Å². The molecule has 1 N–H and O–H groups in total. The second-order valence-corrected chi connectivity index (χ2v) is 6.46. The van der Waals surface area contributed by atoms with Crippen LogP contribution in [0.4, 0.5) is 4.39 Å². The van der Waals surface area contributed by atoms with Crippen molar-refractivity contribution in [3.8, 4) is 0 Å². The molecular formula is C19H20FN3S. The SMILES string of the molecule is CSc1ccc(CNC(c2ccccc2F)c2nccn2C)cc1. The zero-order valence-electron chi connectivity index (χ0n) is 13.7. The minimum Gasteiger partial charge on any atom is -0.336 e. The fourth-order valence-electron chi connectivity index (χ4n) is 2.67. The van der Waals surface area contributed by atoms with E-state index in [1.54, 1.807) is 30.1 Å². The summed E-state index contributed by atoms with van der Waals surface area (Å²) in [6, 6.07) is 14.9. The van der Waals surface area contributed by atoms with Gasteiger partial charge in [-0.15, -0.1) is 11.8 Å². The Morgan fingerprint density at radius 2 is 1.92 bits per heavy atom. The van der Waals surface area contributed by atoms with Crippen molar-refractivity contribution in [2.24, 2.45) is 7.05 Å². The molecule has 0 radical (unpaired) electrons. The van der Waals surface area contributed by atoms with Gasteiger partial charge in [0.15, 0.2) is 0 Å². The molecule has 0 fully saturated rings. The highest BCUT2D eigenvalue weighted by molar-refractivity contribution is 7.98. The molecule has 3 aromatic rings. The molecule has 0 bridgehead atoms. The van der Waals surface area contributed by atoms with Gasteiger partial charge in [0, 0.05) is 36.4 Å². The van der Waals surface area contributed by atoms with Gasteiger partial charge in [-0.2, -0.15) is 0 Å². The maximum atomic E-state index is 14.3. The van der Waals surface area contributed by atoms with Crippen LogP contribution in [-0.4, -0.2) is 15.8 Å². The molecular weight excluding hydrogens is 321 g/mol. The summed E-state index contributed by atoms with van der Waals surface area (Å²) < 4.78 is 16.2. The summed E-state index contributed by atoms with van der Waals surface area (Å²) in [5.74, 6) is 0.566. The normalized spacial score (nSPS) is 12.3. The summed E-state index contributed by atoms with van der Waals surface area (Å²) in [4.78, 5) is 5.63. The number of hydrogen-bond acceptors (Lipinski definition) is 3. The molecule has 1 atom stereocenters. The summed E-state index contributed by atoms with van der Waals surface area (Å²) in [5.41, 5.74) is 1.76. The van der Waals surface area contributed by atoms with Crippen LogP contribution in [0.25, 0.3) is 0 Å². The van der Waals surface area contributed by atoms with Gasteiger partial charge >= 0.3 is 0 Å². The highest BCUT2D eigenvalue weighted by Crippen LogP contribution is 2.24. The van der Waals surface area contributed by atoms with Crippen LogP contribution in [0, 0.1) is 5.82 Å². The molecule has 2 aromatic carbocycles. The molecule has 1 aromatic heterocycles. The lowest BCUT2D eigenvalue weighted by atomic mass is 10.0. The van der Waals surface area contributed by atoms with E-state index < -0.39 is 0 Å². The van der Waals surface area contributed by atoms with Gasteiger partial charge in [-0.3, -0.25) is 5.32 Å². The lowest BCUT2D eigenvalue weighted by Crippen LogP contribution is -2.25. The molecule has 124 valence electrons. The number of thioether (sulfide) groups is 1. The van der Waals surface area contributed by atoms with Gasteiger partial charge in [-0.05, 0) is 30.0 Å². The largest absolute Gasteiger partial charge is 0.336 e. The zero-order valence-corrected chi connectivity index (χ0v) is 14.6. The number of halogens is 1. The van der Waals surface area contributed by atoms with E-state index >= 15 is 0 Å². The third-order valence-corrected chi connectivity index (χ3v) is 4.75. The van der Waals surface area contributed by atoms with Crippen molar-refractivity contribution in [3.63, 3.8) is 0 Å². The highest BCUT2D eigenvalue weighted by atomic mass is 32.2. The second kappa shape index (κ2) is 7.64. The summed E-state index contributed by atoms with van der Waals surface area (Å²) in [6.45, 7) is 0.639. The topological polar surface area (TPSA) is 29.9 Å². The number of rotatable bonds is 6. The van der Waals surface area contributed by atoms with Crippen molar-refractivity contribution in [3.05, 3.63) is 83.7 Å². The summed E-state index contributed by atoms with van der Waals surface area (Å²) >= 11 is 1.72. The molecule has 3 nitrogen and oxygen atoms in total. The average Bonchev–Trinajstić information content (AvgIpc) is 3.03. The van der Waals surface area contributed by atoms with Gasteiger partial charge in [0.1, 0.15) is 11.6 Å². The van der Waals surface area contributed by atoms with Crippen molar-refractivity contribution in [1.29, 1.82) is 0 Å². The van der Waals surface area contributed by atoms with Gasteiger partial charge in [0.2, 0.25) is 0 Å². The molecule has 0 amide bonds. The minimum absolute atomic E-state index is 0.226. The highest BCUT2D eigenvalue weighted by Gasteiger charge is 2.20. The smallest absolute Gasteiger partial charge is 0.130 e. The van der Waals surface area contributed by atoms with Crippen molar-refractivity contribution < 1.29 is 4.39 Å². The van der Waals surface area contributed by atoms with Gasteiger partial charge in [-0.1, -0.05) is 30.3 Å². The third-order valence-electron chi connectivity index (χ3n) is 4.00. The number of aryl methyl sites for hydroxylation is 1. The lowest BCUT2D eigenvalue weighted by Gasteiger charge is -2.20. The Morgan fingerprint density at radius 1 is 1.17 bits per heavy atom. The first-order valence-electron chi connectivity index (χ1n) is 7.77. The van der Waals surface area contributed by atoms with E-state index in [4.69, 9.17) is 0 Å². The third kappa shape index (κ3) is 3.68. The fraction of sp³-hybridized carbons (Fsp3) is 0.211. The molecule has 5 heteroatoms. The van der Waals surface area contributed by atoms with Crippen molar-refractivity contribution in [1.82, 2.24) is 14.9 Å². The Labute approximate surface area is 145 Å². The van der Waals surface area contributed by atoms with Crippen molar-refractivity contribution in [2.75, 3.05) is 6.26 Å². The molecule has 0 aliphatic rings. The standard InChI is InChI=1S/C19H20FN3S/c1-23-12-11-21-19(23)18(16-5-3-4-6-17(16)20)22-13-14-7-9-15(24-2)10-8-14/h3-12,18,22H,13H2,1-2H3. The molecule has 0 aliphatic carbocycles. The number of nitrogens with one attached hydrogen (secondary N) is 1. The van der Waals surface area contributed by atoms with Crippen LogP contribution in [0.5, 0.6) is 0 Å². The predicted octanol–water partition coefficient (Wildman–Crippen LogP) is 4.16. The van der Waals surface area contributed by atoms with E-state index in [1.165, 1.54) is 11.0 Å². The molecule has 3 rings (SSSR count). The number of benzene rings is 2. The van der Waals surface area contributed by atoms with Crippen LogP contribution >= 0.6 is 11.8 Å². The van der Waals surface area contributed by atoms with Gasteiger partial charge in [0.05, 0.1) is 6.04 Å². The zero-order chi connectivity index (χ0) is 16.9. The number of hydrogen-bond donors (Lipinski definition) is 1. The summed E-state index contributed by atoms with van der Waals surface area (Å²) in [6.07, 6.45) is 5.67. The van der Waals surface area contributed by atoms with E-state index in [1.807, 2.05) is 23.9 Å². The first kappa shape index (κ1) is 16.7. The van der Waals surface area contributed by atoms with Crippen LogP contribution in [0.3, 0.4) is 0 Å². The van der Waals surface area contributed by atoms with Gasteiger partial charge in [0.25, 0.3) is 0 Å². The molecule has 0 saturated carbocycles. The van der Waals surface area contributed by atoms with Crippen LogP contribution < -0.4 is 5.32 Å². The fourth-order valence-corrected chi connectivity index (χ4v) is 3.08. The number of aromatic nitrogens is 2. The van der Waals surface area contributed by atoms with E-state index in [-0.39, 0.29) is 11.9 Å². The summed E-state index contributed by atoms with van der Waals surface area (Å²) in [7, 11) is 1.92. The van der Waals surface area contributed by atoms with E-state index in [0.29, 0.717) is 12.1 Å². The quantitative estimate of drug-likeness (QED) is 0.683. The number of imidazole rings is 1. The Balaban J connectivity index is 1.85. The van der Waals surface area contributed by atoms with Gasteiger partial charge < -0.3 is 4.57 Å². The van der Waals surface area contributed by atoms with Crippen LogP contribution in [0.2, 0.25) is 0 Å². The molecule has 1 unspecified atom stereocenters. The summed E-state index contributed by atoms with van der Waals surface area (Å²) in [5, 5.41) is 3.44. The second-order valence-electron chi connectivity index (χ2n) is 5.58. The van der Waals surface area contributed by atoms with E-state index in [0.717, 1.165) is 11.4 Å². The van der Waals surface area contributed by atoms with Crippen molar-refractivity contribution >= 4 is 11.8 Å². The number of nitrogens with zero attached hydrogens (tertiary/aromatic N) is 2. The molecule has 24 heavy (non-hydrogen) atoms. The Morgan fingerprint density at radius 3 is 2.54 bits per heavy atom. The first-order chi connectivity index (χ1) is 11.7. The predicted molar refractivity (Wildman–Crippen MR) is 96.5 cm³/mol. The molecule has 0 saturated heterocycles. The molecule has 0 aliphatic heterocycles.